The summed E-state index contributed by atoms with van der Waals surface area (Å²) in [6.07, 6.45) is 3.74. The number of nitrogens with one attached hydrogen (secondary N) is 1. The Labute approximate surface area is 165 Å². The Hall–Kier alpha value is -1.96. The van der Waals surface area contributed by atoms with E-state index in [2.05, 4.69) is 46.6 Å². The Morgan fingerprint density at radius 1 is 1.26 bits per heavy atom. The molecule has 0 radical (unpaired) electrons. The van der Waals surface area contributed by atoms with E-state index >= 15 is 0 Å². The van der Waals surface area contributed by atoms with Crippen LogP contribution < -0.4 is 5.32 Å². The first kappa shape index (κ1) is 19.8. The van der Waals surface area contributed by atoms with Crippen LogP contribution in [0.2, 0.25) is 5.02 Å². The number of benzene rings is 1. The Bertz CT molecular complexity index is 765. The molecule has 0 atom stereocenters. The van der Waals surface area contributed by atoms with E-state index in [1.54, 1.807) is 10.9 Å². The van der Waals surface area contributed by atoms with Crippen LogP contribution in [0.3, 0.4) is 0 Å². The predicted molar refractivity (Wildman–Crippen MR) is 106 cm³/mol. The molecule has 2 heterocycles. The number of carbonyl (C=O) groups is 1. The lowest BCUT2D eigenvalue weighted by atomic mass is 9.86. The first-order valence-corrected chi connectivity index (χ1v) is 9.54. The van der Waals surface area contributed by atoms with E-state index in [-0.39, 0.29) is 11.4 Å². The minimum Gasteiger partial charge on any atom is -0.349 e. The lowest BCUT2D eigenvalue weighted by Crippen LogP contribution is -2.57. The van der Waals surface area contributed by atoms with Crippen molar-refractivity contribution in [2.24, 2.45) is 0 Å². The molecular formula is C19H27ClN6O. The summed E-state index contributed by atoms with van der Waals surface area (Å²) in [4.78, 5) is 17.1. The monoisotopic (exact) mass is 390 g/mol. The van der Waals surface area contributed by atoms with Gasteiger partial charge in [0.05, 0.1) is 12.7 Å². The first-order valence-electron chi connectivity index (χ1n) is 9.17. The van der Waals surface area contributed by atoms with Crippen LogP contribution >= 0.6 is 11.6 Å². The number of hydrogen-bond donors (Lipinski definition) is 1. The van der Waals surface area contributed by atoms with Gasteiger partial charge in [-0.25, -0.2) is 4.68 Å². The van der Waals surface area contributed by atoms with E-state index in [0.29, 0.717) is 23.8 Å². The number of aromatic nitrogens is 3. The third-order valence-corrected chi connectivity index (χ3v) is 5.73. The molecule has 0 bridgehead atoms. The Balaban J connectivity index is 1.59. The SMILES string of the molecule is CN1CCC(CNC(=O)c2cn(Cc3ccc(Cl)cc3)nn2)(N(C)C)CC1. The van der Waals surface area contributed by atoms with Crippen molar-refractivity contribution < 1.29 is 4.79 Å². The van der Waals surface area contributed by atoms with Crippen LogP contribution in [0.25, 0.3) is 0 Å². The van der Waals surface area contributed by atoms with Crippen molar-refractivity contribution >= 4 is 17.5 Å². The van der Waals surface area contributed by atoms with Gasteiger partial charge in [-0.1, -0.05) is 28.9 Å². The topological polar surface area (TPSA) is 66.3 Å². The van der Waals surface area contributed by atoms with Gasteiger partial charge in [0, 0.05) is 17.1 Å². The van der Waals surface area contributed by atoms with Gasteiger partial charge in [-0.05, 0) is 64.8 Å². The van der Waals surface area contributed by atoms with E-state index < -0.39 is 0 Å². The summed E-state index contributed by atoms with van der Waals surface area (Å²) in [6, 6.07) is 7.54. The van der Waals surface area contributed by atoms with Crippen LogP contribution in [-0.2, 0) is 6.54 Å². The number of nitrogens with zero attached hydrogens (tertiary/aromatic N) is 5. The second-order valence-electron chi connectivity index (χ2n) is 7.53. The maximum Gasteiger partial charge on any atom is 0.273 e. The highest BCUT2D eigenvalue weighted by Gasteiger charge is 2.36. The fraction of sp³-hybridized carbons (Fsp3) is 0.526. The van der Waals surface area contributed by atoms with Crippen molar-refractivity contribution in [1.82, 2.24) is 30.1 Å². The van der Waals surface area contributed by atoms with Gasteiger partial charge in [-0.15, -0.1) is 5.10 Å². The van der Waals surface area contributed by atoms with Gasteiger partial charge in [0.1, 0.15) is 0 Å². The highest BCUT2D eigenvalue weighted by Crippen LogP contribution is 2.26. The normalized spacial score (nSPS) is 17.2. The second kappa shape index (κ2) is 8.37. The van der Waals surface area contributed by atoms with Gasteiger partial charge in [0.25, 0.3) is 5.91 Å². The molecule has 1 amide bonds. The average Bonchev–Trinajstić information content (AvgIpc) is 3.11. The second-order valence-corrected chi connectivity index (χ2v) is 7.97. The molecule has 0 spiro atoms. The van der Waals surface area contributed by atoms with Crippen molar-refractivity contribution in [3.05, 3.63) is 46.7 Å². The molecule has 0 unspecified atom stereocenters. The largest absolute Gasteiger partial charge is 0.349 e. The minimum atomic E-state index is -0.183. The molecule has 0 saturated carbocycles. The van der Waals surface area contributed by atoms with E-state index in [1.165, 1.54) is 0 Å². The molecule has 1 aliphatic heterocycles. The van der Waals surface area contributed by atoms with E-state index in [4.69, 9.17) is 11.6 Å². The smallest absolute Gasteiger partial charge is 0.273 e. The number of carbonyl (C=O) groups excluding carboxylic acids is 1. The van der Waals surface area contributed by atoms with Crippen LogP contribution in [0.15, 0.2) is 30.5 Å². The standard InChI is InChI=1S/C19H27ClN6O/c1-24(2)19(8-10-25(3)11-9-19)14-21-18(27)17-13-26(23-22-17)12-15-4-6-16(20)7-5-15/h4-7,13H,8-12,14H2,1-3H3,(H,21,27). The molecule has 7 nitrogen and oxygen atoms in total. The molecule has 1 fully saturated rings. The maximum absolute atomic E-state index is 12.6. The van der Waals surface area contributed by atoms with Crippen molar-refractivity contribution in [2.75, 3.05) is 40.8 Å². The number of piperidine rings is 1. The van der Waals surface area contributed by atoms with Crippen LogP contribution in [-0.4, -0.2) is 77.0 Å². The lowest BCUT2D eigenvalue weighted by Gasteiger charge is -2.45. The fourth-order valence-electron chi connectivity index (χ4n) is 3.41. The van der Waals surface area contributed by atoms with E-state index in [1.807, 2.05) is 24.3 Å². The molecule has 1 aliphatic rings. The van der Waals surface area contributed by atoms with E-state index in [9.17, 15) is 4.79 Å². The van der Waals surface area contributed by atoms with Crippen LogP contribution in [0, 0.1) is 0 Å². The van der Waals surface area contributed by atoms with Crippen LogP contribution in [0.5, 0.6) is 0 Å². The van der Waals surface area contributed by atoms with Crippen molar-refractivity contribution in [3.8, 4) is 0 Å². The summed E-state index contributed by atoms with van der Waals surface area (Å²) in [5.41, 5.74) is 1.38. The molecule has 1 N–H and O–H groups in total. The lowest BCUT2D eigenvalue weighted by molar-refractivity contribution is 0.0610. The fourth-order valence-corrected chi connectivity index (χ4v) is 3.53. The van der Waals surface area contributed by atoms with E-state index in [0.717, 1.165) is 31.5 Å². The summed E-state index contributed by atoms with van der Waals surface area (Å²) in [7, 11) is 6.30. The Morgan fingerprint density at radius 3 is 2.56 bits per heavy atom. The Morgan fingerprint density at radius 2 is 1.93 bits per heavy atom. The summed E-state index contributed by atoms with van der Waals surface area (Å²) in [5, 5.41) is 11.8. The summed E-state index contributed by atoms with van der Waals surface area (Å²) in [5.74, 6) is -0.183. The maximum atomic E-state index is 12.6. The van der Waals surface area contributed by atoms with Gasteiger partial charge in [0.15, 0.2) is 5.69 Å². The zero-order valence-corrected chi connectivity index (χ0v) is 16.9. The first-order chi connectivity index (χ1) is 12.9. The van der Waals surface area contributed by atoms with Gasteiger partial charge in [-0.2, -0.15) is 0 Å². The van der Waals surface area contributed by atoms with Crippen molar-refractivity contribution in [3.63, 3.8) is 0 Å². The summed E-state index contributed by atoms with van der Waals surface area (Å²) < 4.78 is 1.66. The molecule has 1 aromatic carbocycles. The quantitative estimate of drug-likeness (QED) is 0.813. The average molecular weight is 391 g/mol. The Kier molecular flexibility index (Phi) is 6.14. The third kappa shape index (κ3) is 4.86. The predicted octanol–water partition coefficient (Wildman–Crippen LogP) is 1.74. The zero-order valence-electron chi connectivity index (χ0n) is 16.2. The van der Waals surface area contributed by atoms with Gasteiger partial charge in [0.2, 0.25) is 0 Å². The molecule has 1 saturated heterocycles. The highest BCUT2D eigenvalue weighted by molar-refractivity contribution is 6.30. The molecular weight excluding hydrogens is 364 g/mol. The minimum absolute atomic E-state index is 0.0124. The number of likely N-dealkylation sites (N-methyl/N-ethyl adjacent to an activating group) is 1. The van der Waals surface area contributed by atoms with Crippen LogP contribution in [0.4, 0.5) is 0 Å². The van der Waals surface area contributed by atoms with Gasteiger partial charge in [-0.3, -0.25) is 4.79 Å². The number of rotatable bonds is 6. The molecule has 27 heavy (non-hydrogen) atoms. The van der Waals surface area contributed by atoms with Crippen LogP contribution in [0.1, 0.15) is 28.9 Å². The molecule has 1 aromatic heterocycles. The molecule has 3 rings (SSSR count). The zero-order chi connectivity index (χ0) is 19.4. The molecule has 0 aliphatic carbocycles. The highest BCUT2D eigenvalue weighted by atomic mass is 35.5. The number of amides is 1. The molecule has 2 aromatic rings. The third-order valence-electron chi connectivity index (χ3n) is 5.47. The van der Waals surface area contributed by atoms with Crippen molar-refractivity contribution in [2.45, 2.75) is 24.9 Å². The van der Waals surface area contributed by atoms with Gasteiger partial charge >= 0.3 is 0 Å². The molecule has 146 valence electrons. The number of hydrogen-bond acceptors (Lipinski definition) is 5. The summed E-state index contributed by atoms with van der Waals surface area (Å²) in [6.45, 7) is 3.22. The summed E-state index contributed by atoms with van der Waals surface area (Å²) >= 11 is 5.91. The van der Waals surface area contributed by atoms with Gasteiger partial charge < -0.3 is 15.1 Å². The number of halogens is 1. The number of likely N-dealkylation sites (tertiary alicyclic amines) is 1. The molecule has 8 heteroatoms. The van der Waals surface area contributed by atoms with Crippen molar-refractivity contribution in [1.29, 1.82) is 0 Å².